The van der Waals surface area contributed by atoms with Crippen molar-refractivity contribution in [2.24, 2.45) is 0 Å². The average molecular weight is 362 g/mol. The maximum absolute atomic E-state index is 11.1. The Balaban J connectivity index is 2.53. The van der Waals surface area contributed by atoms with Crippen LogP contribution in [0.4, 0.5) is 0 Å². The third kappa shape index (κ3) is 6.74. The van der Waals surface area contributed by atoms with E-state index in [4.69, 9.17) is 4.74 Å². The third-order valence-corrected chi connectivity index (χ3v) is 4.21. The number of hydrogen-bond acceptors (Lipinski definition) is 5. The zero-order valence-electron chi connectivity index (χ0n) is 11.8. The van der Waals surface area contributed by atoms with E-state index in [1.165, 1.54) is 17.6 Å². The number of carbonyl (C=O) groups excluding carboxylic acids is 1. The second-order valence-electron chi connectivity index (χ2n) is 4.10. The molecule has 0 saturated carbocycles. The number of ether oxygens (including phenoxy) is 2. The molecule has 0 saturated heterocycles. The molecular weight excluding hydrogens is 342 g/mol. The molecule has 1 rings (SSSR count). The molecule has 0 bridgehead atoms. The minimum absolute atomic E-state index is 0.174. The highest BCUT2D eigenvalue weighted by atomic mass is 79.9. The van der Waals surface area contributed by atoms with Gasteiger partial charge in [0.25, 0.3) is 0 Å². The van der Waals surface area contributed by atoms with Gasteiger partial charge in [0.2, 0.25) is 0 Å². The Morgan fingerprint density at radius 2 is 2.20 bits per heavy atom. The van der Waals surface area contributed by atoms with Gasteiger partial charge in [0.15, 0.2) is 0 Å². The molecule has 0 radical (unpaired) electrons. The number of halogens is 1. The molecule has 0 aliphatic rings. The van der Waals surface area contributed by atoms with Gasteiger partial charge in [0.05, 0.1) is 20.1 Å². The van der Waals surface area contributed by atoms with Crippen LogP contribution >= 0.6 is 27.7 Å². The Morgan fingerprint density at radius 1 is 1.40 bits per heavy atom. The SMILES string of the molecule is COCCNCc1ccc(Br)cc1SCCC(=O)OC. The largest absolute Gasteiger partial charge is 0.469 e. The van der Waals surface area contributed by atoms with Crippen molar-refractivity contribution in [3.05, 3.63) is 28.2 Å². The molecule has 1 aromatic carbocycles. The van der Waals surface area contributed by atoms with Crippen LogP contribution in [0, 0.1) is 0 Å². The van der Waals surface area contributed by atoms with Gasteiger partial charge in [-0.2, -0.15) is 0 Å². The summed E-state index contributed by atoms with van der Waals surface area (Å²) >= 11 is 5.15. The van der Waals surface area contributed by atoms with Crippen LogP contribution < -0.4 is 5.32 Å². The number of rotatable bonds is 9. The Labute approximate surface area is 132 Å². The normalized spacial score (nSPS) is 10.6. The van der Waals surface area contributed by atoms with Crippen molar-refractivity contribution in [3.63, 3.8) is 0 Å². The standard InChI is InChI=1S/C14H20BrNO3S/c1-18-7-6-16-10-11-3-4-12(15)9-13(11)20-8-5-14(17)19-2/h3-4,9,16H,5-8,10H2,1-2H3. The third-order valence-electron chi connectivity index (χ3n) is 2.62. The van der Waals surface area contributed by atoms with E-state index in [2.05, 4.69) is 38.1 Å². The van der Waals surface area contributed by atoms with Gasteiger partial charge in [-0.3, -0.25) is 4.79 Å². The number of hydrogen-bond donors (Lipinski definition) is 1. The molecule has 0 heterocycles. The Morgan fingerprint density at radius 3 is 2.90 bits per heavy atom. The lowest BCUT2D eigenvalue weighted by atomic mass is 10.2. The second kappa shape index (κ2) is 10.2. The van der Waals surface area contributed by atoms with Gasteiger partial charge in [0, 0.05) is 35.3 Å². The zero-order chi connectivity index (χ0) is 14.8. The van der Waals surface area contributed by atoms with Gasteiger partial charge < -0.3 is 14.8 Å². The van der Waals surface area contributed by atoms with Gasteiger partial charge in [-0.1, -0.05) is 22.0 Å². The van der Waals surface area contributed by atoms with Crippen LogP contribution in [0.3, 0.4) is 0 Å². The van der Waals surface area contributed by atoms with Crippen LogP contribution in [0.25, 0.3) is 0 Å². The summed E-state index contributed by atoms with van der Waals surface area (Å²) < 4.78 is 10.7. The first-order chi connectivity index (χ1) is 9.67. The van der Waals surface area contributed by atoms with Crippen LogP contribution in [0.1, 0.15) is 12.0 Å². The van der Waals surface area contributed by atoms with Gasteiger partial charge in [-0.15, -0.1) is 11.8 Å². The fourth-order valence-electron chi connectivity index (χ4n) is 1.55. The maximum atomic E-state index is 11.1. The van der Waals surface area contributed by atoms with E-state index in [0.717, 1.165) is 17.6 Å². The molecule has 0 aliphatic heterocycles. The van der Waals surface area contributed by atoms with Crippen molar-refractivity contribution in [3.8, 4) is 0 Å². The summed E-state index contributed by atoms with van der Waals surface area (Å²) in [6.45, 7) is 2.30. The lowest BCUT2D eigenvalue weighted by Gasteiger charge is -2.11. The molecule has 0 aliphatic carbocycles. The number of thioether (sulfide) groups is 1. The van der Waals surface area contributed by atoms with Crippen LogP contribution in [0.2, 0.25) is 0 Å². The molecule has 4 nitrogen and oxygen atoms in total. The quantitative estimate of drug-likeness (QED) is 0.416. The monoisotopic (exact) mass is 361 g/mol. The number of nitrogens with one attached hydrogen (secondary N) is 1. The number of carbonyl (C=O) groups is 1. The van der Waals surface area contributed by atoms with Crippen molar-refractivity contribution in [1.82, 2.24) is 5.32 Å². The molecule has 0 spiro atoms. The van der Waals surface area contributed by atoms with Crippen molar-refractivity contribution < 1.29 is 14.3 Å². The van der Waals surface area contributed by atoms with Gasteiger partial charge in [-0.25, -0.2) is 0 Å². The van der Waals surface area contributed by atoms with E-state index in [1.54, 1.807) is 18.9 Å². The Bertz CT molecular complexity index is 429. The fraction of sp³-hybridized carbons (Fsp3) is 0.500. The molecular formula is C14H20BrNO3S. The van der Waals surface area contributed by atoms with Crippen molar-refractivity contribution in [2.75, 3.05) is 33.1 Å². The minimum Gasteiger partial charge on any atom is -0.469 e. The van der Waals surface area contributed by atoms with Gasteiger partial charge >= 0.3 is 5.97 Å². The fourth-order valence-corrected chi connectivity index (χ4v) is 3.09. The summed E-state index contributed by atoms with van der Waals surface area (Å²) in [5.74, 6) is 0.543. The lowest BCUT2D eigenvalue weighted by Crippen LogP contribution is -2.18. The first-order valence-electron chi connectivity index (χ1n) is 6.35. The maximum Gasteiger partial charge on any atom is 0.306 e. The van der Waals surface area contributed by atoms with Crippen molar-refractivity contribution >= 4 is 33.7 Å². The molecule has 0 atom stereocenters. The van der Waals surface area contributed by atoms with Crippen LogP contribution in [-0.4, -0.2) is 39.1 Å². The first kappa shape index (κ1) is 17.5. The topological polar surface area (TPSA) is 47.6 Å². The predicted octanol–water partition coefficient (Wildman–Crippen LogP) is 2.84. The number of benzene rings is 1. The van der Waals surface area contributed by atoms with E-state index in [1.807, 2.05) is 6.07 Å². The molecule has 1 aromatic rings. The first-order valence-corrected chi connectivity index (χ1v) is 8.13. The molecule has 0 amide bonds. The molecule has 0 unspecified atom stereocenters. The van der Waals surface area contributed by atoms with Crippen LogP contribution in [0.15, 0.2) is 27.6 Å². The highest BCUT2D eigenvalue weighted by molar-refractivity contribution is 9.10. The lowest BCUT2D eigenvalue weighted by molar-refractivity contribution is -0.140. The van der Waals surface area contributed by atoms with E-state index in [-0.39, 0.29) is 5.97 Å². The highest BCUT2D eigenvalue weighted by Crippen LogP contribution is 2.27. The Kier molecular flexibility index (Phi) is 8.93. The highest BCUT2D eigenvalue weighted by Gasteiger charge is 2.06. The Hall–Kier alpha value is -0.560. The molecule has 0 aromatic heterocycles. The van der Waals surface area contributed by atoms with Gasteiger partial charge in [0.1, 0.15) is 0 Å². The summed E-state index contributed by atoms with van der Waals surface area (Å²) in [4.78, 5) is 12.3. The van der Waals surface area contributed by atoms with E-state index < -0.39 is 0 Å². The van der Waals surface area contributed by atoms with E-state index >= 15 is 0 Å². The summed E-state index contributed by atoms with van der Waals surface area (Å²) in [7, 11) is 3.10. The molecule has 0 fully saturated rings. The van der Waals surface area contributed by atoms with E-state index in [0.29, 0.717) is 18.8 Å². The number of esters is 1. The predicted molar refractivity (Wildman–Crippen MR) is 85.1 cm³/mol. The summed E-state index contributed by atoms with van der Waals surface area (Å²) in [5.41, 5.74) is 1.22. The zero-order valence-corrected chi connectivity index (χ0v) is 14.2. The van der Waals surface area contributed by atoms with Crippen LogP contribution in [0.5, 0.6) is 0 Å². The smallest absolute Gasteiger partial charge is 0.306 e. The second-order valence-corrected chi connectivity index (χ2v) is 6.15. The molecule has 20 heavy (non-hydrogen) atoms. The summed E-state index contributed by atoms with van der Waals surface area (Å²) in [6, 6.07) is 6.19. The molecule has 1 N–H and O–H groups in total. The molecule has 112 valence electrons. The van der Waals surface area contributed by atoms with Crippen molar-refractivity contribution in [2.45, 2.75) is 17.9 Å². The number of methoxy groups -OCH3 is 2. The molecule has 6 heteroatoms. The summed E-state index contributed by atoms with van der Waals surface area (Å²) in [6.07, 6.45) is 0.421. The summed E-state index contributed by atoms with van der Waals surface area (Å²) in [5, 5.41) is 3.33. The van der Waals surface area contributed by atoms with Crippen LogP contribution in [-0.2, 0) is 20.8 Å². The van der Waals surface area contributed by atoms with E-state index in [9.17, 15) is 4.79 Å². The average Bonchev–Trinajstić information content (AvgIpc) is 2.45. The van der Waals surface area contributed by atoms with Crippen molar-refractivity contribution in [1.29, 1.82) is 0 Å². The van der Waals surface area contributed by atoms with Gasteiger partial charge in [-0.05, 0) is 17.7 Å². The minimum atomic E-state index is -0.174.